The van der Waals surface area contributed by atoms with Gasteiger partial charge in [-0.05, 0) is 34.0 Å². The number of aliphatic hydroxyl groups is 1. The summed E-state index contributed by atoms with van der Waals surface area (Å²) in [5.41, 5.74) is -2.74. The predicted octanol–water partition coefficient (Wildman–Crippen LogP) is 0.305. The largest absolute Gasteiger partial charge is 0.481 e. The summed E-state index contributed by atoms with van der Waals surface area (Å²) in [7, 11) is 4.12. The molecule has 0 radical (unpaired) electrons. The summed E-state index contributed by atoms with van der Waals surface area (Å²) in [6, 6.07) is 2.64. The minimum atomic E-state index is -2.74. The van der Waals surface area contributed by atoms with Crippen molar-refractivity contribution in [1.82, 2.24) is 4.90 Å². The highest BCUT2D eigenvalue weighted by molar-refractivity contribution is 5.88. The fourth-order valence-electron chi connectivity index (χ4n) is 1.35. The van der Waals surface area contributed by atoms with Gasteiger partial charge in [-0.3, -0.25) is 9.59 Å². The Morgan fingerprint density at radius 3 is 1.84 bits per heavy atom. The maximum atomic E-state index is 10.3. The molecular formula is C14H26ClN3O7. The van der Waals surface area contributed by atoms with Crippen LogP contribution < -0.4 is 0 Å². The molecule has 146 valence electrons. The third-order valence-electron chi connectivity index (χ3n) is 2.46. The molecule has 0 spiro atoms. The van der Waals surface area contributed by atoms with Gasteiger partial charge in [0.1, 0.15) is 0 Å². The topological polar surface area (TPSA) is 160 Å². The fraction of sp³-hybridized carbons (Fsp3) is 0.714. The van der Waals surface area contributed by atoms with E-state index in [1.54, 1.807) is 0 Å². The van der Waals surface area contributed by atoms with Crippen molar-refractivity contribution in [2.24, 2.45) is 9.98 Å². The van der Waals surface area contributed by atoms with Gasteiger partial charge in [0.15, 0.2) is 5.60 Å². The molecule has 0 fully saturated rings. The second-order valence-electron chi connectivity index (χ2n) is 5.09. The molecule has 0 saturated heterocycles. The zero-order valence-corrected chi connectivity index (χ0v) is 15.3. The maximum Gasteiger partial charge on any atom is 0.336 e. The fourth-order valence-corrected chi connectivity index (χ4v) is 1.35. The van der Waals surface area contributed by atoms with Gasteiger partial charge in [-0.2, -0.15) is 0 Å². The molecule has 0 aliphatic heterocycles. The van der Waals surface area contributed by atoms with Crippen LogP contribution in [0.5, 0.6) is 0 Å². The van der Waals surface area contributed by atoms with Crippen molar-refractivity contribution in [2.75, 3.05) is 33.7 Å². The molecule has 0 aromatic carbocycles. The van der Waals surface area contributed by atoms with E-state index in [4.69, 9.17) is 20.4 Å². The average molecular weight is 384 g/mol. The third kappa shape index (κ3) is 18.2. The minimum absolute atomic E-state index is 0. The summed E-state index contributed by atoms with van der Waals surface area (Å²) in [5, 5.41) is 33.8. The van der Waals surface area contributed by atoms with Crippen molar-refractivity contribution in [2.45, 2.75) is 31.8 Å². The first kappa shape index (κ1) is 27.8. The van der Waals surface area contributed by atoms with Crippen LogP contribution >= 0.6 is 12.4 Å². The van der Waals surface area contributed by atoms with Crippen LogP contribution in [0.3, 0.4) is 0 Å². The van der Waals surface area contributed by atoms with E-state index >= 15 is 0 Å². The molecular weight excluding hydrogens is 358 g/mol. The monoisotopic (exact) mass is 383 g/mol. The number of hydrogen-bond donors (Lipinski definition) is 4. The van der Waals surface area contributed by atoms with Gasteiger partial charge < -0.3 is 25.3 Å². The molecule has 10 nitrogen and oxygen atoms in total. The first-order valence-corrected chi connectivity index (χ1v) is 7.17. The van der Waals surface area contributed by atoms with Crippen LogP contribution in [0.1, 0.15) is 26.2 Å². The van der Waals surface area contributed by atoms with Crippen LogP contribution in [0, 0.1) is 0 Å². The number of nitrogens with zero attached hydrogens (tertiary/aromatic N) is 3. The Bertz CT molecular complexity index is 461. The number of carbonyl (C=O) groups is 3. The van der Waals surface area contributed by atoms with E-state index in [1.807, 2.05) is 6.92 Å². The zero-order valence-electron chi connectivity index (χ0n) is 14.5. The van der Waals surface area contributed by atoms with Crippen molar-refractivity contribution in [3.63, 3.8) is 0 Å². The Kier molecular flexibility index (Phi) is 17.3. The quantitative estimate of drug-likeness (QED) is 0.309. The van der Waals surface area contributed by atoms with Gasteiger partial charge in [0, 0.05) is 6.54 Å². The molecule has 0 unspecified atom stereocenters. The third-order valence-corrected chi connectivity index (χ3v) is 2.46. The van der Waals surface area contributed by atoms with Crippen molar-refractivity contribution in [1.29, 1.82) is 0 Å². The molecule has 0 rings (SSSR count). The number of carboxylic acid groups (broad SMARTS) is 3. The van der Waals surface area contributed by atoms with Gasteiger partial charge in [0.25, 0.3) is 0 Å². The molecule has 0 aliphatic rings. The normalized spacial score (nSPS) is 9.80. The van der Waals surface area contributed by atoms with Crippen LogP contribution in [-0.4, -0.2) is 88.6 Å². The van der Waals surface area contributed by atoms with Gasteiger partial charge in [0.05, 0.1) is 25.4 Å². The van der Waals surface area contributed by atoms with E-state index in [2.05, 4.69) is 35.0 Å². The summed E-state index contributed by atoms with van der Waals surface area (Å²) in [6.45, 7) is 4.67. The van der Waals surface area contributed by atoms with Crippen molar-refractivity contribution < 1.29 is 34.8 Å². The zero-order chi connectivity index (χ0) is 19.2. The summed E-state index contributed by atoms with van der Waals surface area (Å²) in [6.07, 6.45) is -1.21. The molecule has 0 saturated carbocycles. The van der Waals surface area contributed by atoms with Crippen LogP contribution in [0.4, 0.5) is 0 Å². The number of rotatable bonds is 10. The van der Waals surface area contributed by atoms with Crippen LogP contribution in [0.15, 0.2) is 9.98 Å². The van der Waals surface area contributed by atoms with Gasteiger partial charge >= 0.3 is 17.9 Å². The Morgan fingerprint density at radius 2 is 1.52 bits per heavy atom. The molecule has 0 heterocycles. The first-order chi connectivity index (χ1) is 11.0. The van der Waals surface area contributed by atoms with E-state index < -0.39 is 36.4 Å². The number of carboxylic acids is 3. The summed E-state index contributed by atoms with van der Waals surface area (Å²) in [5.74, 6) is -5.02. The molecule has 4 N–H and O–H groups in total. The summed E-state index contributed by atoms with van der Waals surface area (Å²) < 4.78 is 0. The number of aliphatic carboxylic acids is 3. The maximum absolute atomic E-state index is 10.3. The SMILES string of the molecule is CCN=C=NCCCN(C)C.Cl.O=C(O)CC(O)(CC(=O)O)C(=O)O. The smallest absolute Gasteiger partial charge is 0.336 e. The van der Waals surface area contributed by atoms with Gasteiger partial charge in [-0.25, -0.2) is 14.8 Å². The summed E-state index contributed by atoms with van der Waals surface area (Å²) >= 11 is 0. The van der Waals surface area contributed by atoms with Crippen molar-refractivity contribution >= 4 is 36.3 Å². The Morgan fingerprint density at radius 1 is 1.04 bits per heavy atom. The highest BCUT2D eigenvalue weighted by Crippen LogP contribution is 2.15. The summed E-state index contributed by atoms with van der Waals surface area (Å²) in [4.78, 5) is 40.5. The lowest BCUT2D eigenvalue weighted by atomic mass is 9.96. The minimum Gasteiger partial charge on any atom is -0.481 e. The van der Waals surface area contributed by atoms with Crippen LogP contribution in [0.25, 0.3) is 0 Å². The average Bonchev–Trinajstić information content (AvgIpc) is 2.41. The molecule has 0 aromatic rings. The van der Waals surface area contributed by atoms with Crippen molar-refractivity contribution in [3.05, 3.63) is 0 Å². The van der Waals surface area contributed by atoms with Gasteiger partial charge in [-0.15, -0.1) is 12.4 Å². The molecule has 0 bridgehead atoms. The van der Waals surface area contributed by atoms with E-state index in [0.29, 0.717) is 0 Å². The number of halogens is 1. The van der Waals surface area contributed by atoms with E-state index in [1.165, 1.54) is 0 Å². The second-order valence-corrected chi connectivity index (χ2v) is 5.09. The Hall–Kier alpha value is -2.00. The Balaban J connectivity index is -0.000000377. The van der Waals surface area contributed by atoms with Crippen LogP contribution in [0.2, 0.25) is 0 Å². The molecule has 0 aromatic heterocycles. The van der Waals surface area contributed by atoms with E-state index in [0.717, 1.165) is 26.1 Å². The van der Waals surface area contributed by atoms with Gasteiger partial charge in [0.2, 0.25) is 0 Å². The molecule has 0 amide bonds. The predicted molar refractivity (Wildman–Crippen MR) is 92.8 cm³/mol. The van der Waals surface area contributed by atoms with Crippen LogP contribution in [-0.2, 0) is 14.4 Å². The molecule has 0 aliphatic carbocycles. The lowest BCUT2D eigenvalue weighted by Crippen LogP contribution is -2.42. The second kappa shape index (κ2) is 15.5. The lowest BCUT2D eigenvalue weighted by Gasteiger charge is -2.18. The lowest BCUT2D eigenvalue weighted by molar-refractivity contribution is -0.170. The van der Waals surface area contributed by atoms with Crippen molar-refractivity contribution in [3.8, 4) is 0 Å². The molecule has 11 heteroatoms. The number of aliphatic imine (C=N–C) groups is 2. The standard InChI is InChI=1S/C8H17N3.C6H8O7.ClH/c1-4-9-8-10-6-5-7-11(2)3;7-3(8)1-6(13,5(11)12)2-4(9)10;/h4-7H2,1-3H3;13H,1-2H2,(H,7,8)(H,9,10)(H,11,12);1H. The van der Waals surface area contributed by atoms with E-state index in [-0.39, 0.29) is 12.4 Å². The molecule has 25 heavy (non-hydrogen) atoms. The number of hydrogen-bond acceptors (Lipinski definition) is 7. The highest BCUT2D eigenvalue weighted by atomic mass is 35.5. The molecule has 0 atom stereocenters. The van der Waals surface area contributed by atoms with Gasteiger partial charge in [-0.1, -0.05) is 0 Å². The first-order valence-electron chi connectivity index (χ1n) is 7.17. The van der Waals surface area contributed by atoms with E-state index in [9.17, 15) is 14.4 Å². The Labute approximate surface area is 152 Å². The highest BCUT2D eigenvalue weighted by Gasteiger charge is 2.40.